The molecule has 92 valence electrons. The van der Waals surface area contributed by atoms with Gasteiger partial charge in [0.05, 0.1) is 13.5 Å². The molecule has 0 aromatic heterocycles. The van der Waals surface area contributed by atoms with Gasteiger partial charge in [0.2, 0.25) is 0 Å². The lowest BCUT2D eigenvalue weighted by Crippen LogP contribution is -2.32. The molecule has 0 amide bonds. The molecule has 0 radical (unpaired) electrons. The van der Waals surface area contributed by atoms with Crippen LogP contribution in [-0.2, 0) is 17.8 Å². The Morgan fingerprint density at radius 3 is 3.06 bits per heavy atom. The molecule has 0 unspecified atom stereocenters. The fourth-order valence-electron chi connectivity index (χ4n) is 2.27. The third-order valence-electron chi connectivity index (χ3n) is 3.16. The molecular weight excluding hydrogens is 218 g/mol. The standard InChI is InChI=1S/C13H17NO3/c1-17-12-4-2-3-10-9-14(7-5-11(10)12)8-6-13(15)16/h2-4H,5-9H2,1H3,(H,15,16). The second kappa shape index (κ2) is 5.19. The molecule has 0 saturated carbocycles. The summed E-state index contributed by atoms with van der Waals surface area (Å²) in [6.07, 6.45) is 1.14. The van der Waals surface area contributed by atoms with E-state index in [2.05, 4.69) is 11.0 Å². The minimum atomic E-state index is -0.735. The van der Waals surface area contributed by atoms with Crippen LogP contribution in [0.5, 0.6) is 5.75 Å². The minimum absolute atomic E-state index is 0.208. The molecule has 0 fully saturated rings. The first-order chi connectivity index (χ1) is 8.20. The molecule has 4 heteroatoms. The number of rotatable bonds is 4. The normalized spacial score (nSPS) is 15.4. The van der Waals surface area contributed by atoms with Crippen molar-refractivity contribution in [1.29, 1.82) is 0 Å². The van der Waals surface area contributed by atoms with Gasteiger partial charge in [0, 0.05) is 19.6 Å². The lowest BCUT2D eigenvalue weighted by atomic mass is 9.98. The van der Waals surface area contributed by atoms with Crippen molar-refractivity contribution in [3.63, 3.8) is 0 Å². The summed E-state index contributed by atoms with van der Waals surface area (Å²) < 4.78 is 5.33. The van der Waals surface area contributed by atoms with Gasteiger partial charge in [-0.25, -0.2) is 0 Å². The van der Waals surface area contributed by atoms with E-state index in [1.807, 2.05) is 12.1 Å². The van der Waals surface area contributed by atoms with E-state index >= 15 is 0 Å². The Morgan fingerprint density at radius 1 is 1.53 bits per heavy atom. The van der Waals surface area contributed by atoms with Crippen LogP contribution in [0.3, 0.4) is 0 Å². The molecule has 1 aliphatic rings. The minimum Gasteiger partial charge on any atom is -0.496 e. The lowest BCUT2D eigenvalue weighted by Gasteiger charge is -2.29. The molecule has 4 nitrogen and oxygen atoms in total. The monoisotopic (exact) mass is 235 g/mol. The number of carboxylic acids is 1. The highest BCUT2D eigenvalue weighted by Crippen LogP contribution is 2.27. The maximum Gasteiger partial charge on any atom is 0.304 e. The summed E-state index contributed by atoms with van der Waals surface area (Å²) in [7, 11) is 1.69. The Labute approximate surface area is 101 Å². The van der Waals surface area contributed by atoms with E-state index in [4.69, 9.17) is 9.84 Å². The number of carbonyl (C=O) groups is 1. The number of hydrogen-bond donors (Lipinski definition) is 1. The van der Waals surface area contributed by atoms with Crippen LogP contribution in [0, 0.1) is 0 Å². The Hall–Kier alpha value is -1.55. The van der Waals surface area contributed by atoms with Crippen LogP contribution in [0.1, 0.15) is 17.5 Å². The highest BCUT2D eigenvalue weighted by Gasteiger charge is 2.19. The highest BCUT2D eigenvalue weighted by molar-refractivity contribution is 5.66. The third-order valence-corrected chi connectivity index (χ3v) is 3.16. The van der Waals surface area contributed by atoms with Crippen LogP contribution in [0.15, 0.2) is 18.2 Å². The second-order valence-corrected chi connectivity index (χ2v) is 4.27. The Morgan fingerprint density at radius 2 is 2.35 bits per heavy atom. The fourth-order valence-corrected chi connectivity index (χ4v) is 2.27. The molecule has 1 aliphatic heterocycles. The third kappa shape index (κ3) is 2.77. The van der Waals surface area contributed by atoms with E-state index in [0.29, 0.717) is 6.54 Å². The lowest BCUT2D eigenvalue weighted by molar-refractivity contribution is -0.137. The van der Waals surface area contributed by atoms with Gasteiger partial charge in [-0.3, -0.25) is 9.69 Å². The number of ether oxygens (including phenoxy) is 1. The summed E-state index contributed by atoms with van der Waals surface area (Å²) in [4.78, 5) is 12.7. The van der Waals surface area contributed by atoms with E-state index < -0.39 is 5.97 Å². The van der Waals surface area contributed by atoms with Gasteiger partial charge in [-0.15, -0.1) is 0 Å². The van der Waals surface area contributed by atoms with Crippen molar-refractivity contribution in [3.05, 3.63) is 29.3 Å². The van der Waals surface area contributed by atoms with E-state index in [1.165, 1.54) is 11.1 Å². The first kappa shape index (κ1) is 11.9. The molecule has 1 heterocycles. The molecule has 1 aromatic carbocycles. The molecule has 0 saturated heterocycles. The van der Waals surface area contributed by atoms with Gasteiger partial charge >= 0.3 is 5.97 Å². The van der Waals surface area contributed by atoms with Crippen molar-refractivity contribution in [2.45, 2.75) is 19.4 Å². The molecule has 0 aliphatic carbocycles. The van der Waals surface area contributed by atoms with Crippen molar-refractivity contribution in [1.82, 2.24) is 4.90 Å². The van der Waals surface area contributed by atoms with Crippen LogP contribution in [0.25, 0.3) is 0 Å². The summed E-state index contributed by atoms with van der Waals surface area (Å²) in [5, 5.41) is 8.67. The smallest absolute Gasteiger partial charge is 0.304 e. The predicted octanol–water partition coefficient (Wildman–Crippen LogP) is 1.53. The van der Waals surface area contributed by atoms with Crippen LogP contribution in [0.4, 0.5) is 0 Å². The zero-order valence-corrected chi connectivity index (χ0v) is 9.98. The van der Waals surface area contributed by atoms with Gasteiger partial charge in [0.15, 0.2) is 0 Å². The Balaban J connectivity index is 2.06. The van der Waals surface area contributed by atoms with Crippen molar-refractivity contribution in [2.75, 3.05) is 20.2 Å². The molecular formula is C13H17NO3. The largest absolute Gasteiger partial charge is 0.496 e. The van der Waals surface area contributed by atoms with Crippen molar-refractivity contribution in [2.24, 2.45) is 0 Å². The van der Waals surface area contributed by atoms with E-state index in [-0.39, 0.29) is 6.42 Å². The average molecular weight is 235 g/mol. The van der Waals surface area contributed by atoms with Gasteiger partial charge in [-0.2, -0.15) is 0 Å². The van der Waals surface area contributed by atoms with Crippen LogP contribution < -0.4 is 4.74 Å². The maximum atomic E-state index is 10.5. The molecule has 0 bridgehead atoms. The molecule has 1 aromatic rings. The first-order valence-electron chi connectivity index (χ1n) is 5.79. The number of benzene rings is 1. The van der Waals surface area contributed by atoms with Gasteiger partial charge in [-0.05, 0) is 23.6 Å². The maximum absolute atomic E-state index is 10.5. The number of fused-ring (bicyclic) bond motifs is 1. The number of methoxy groups -OCH3 is 1. The Kier molecular flexibility index (Phi) is 3.64. The summed E-state index contributed by atoms with van der Waals surface area (Å²) in [5.41, 5.74) is 2.52. The first-order valence-corrected chi connectivity index (χ1v) is 5.79. The van der Waals surface area contributed by atoms with Crippen molar-refractivity contribution >= 4 is 5.97 Å². The van der Waals surface area contributed by atoms with E-state index in [0.717, 1.165) is 25.3 Å². The van der Waals surface area contributed by atoms with E-state index in [1.54, 1.807) is 7.11 Å². The summed E-state index contributed by atoms with van der Waals surface area (Å²) >= 11 is 0. The van der Waals surface area contributed by atoms with Gasteiger partial charge < -0.3 is 9.84 Å². The van der Waals surface area contributed by atoms with Gasteiger partial charge in [-0.1, -0.05) is 12.1 Å². The molecule has 2 rings (SSSR count). The number of hydrogen-bond acceptors (Lipinski definition) is 3. The predicted molar refractivity (Wildman–Crippen MR) is 64.2 cm³/mol. The van der Waals surface area contributed by atoms with Gasteiger partial charge in [0.1, 0.15) is 5.75 Å². The second-order valence-electron chi connectivity index (χ2n) is 4.27. The summed E-state index contributed by atoms with van der Waals surface area (Å²) in [5.74, 6) is 0.210. The van der Waals surface area contributed by atoms with Crippen LogP contribution >= 0.6 is 0 Å². The van der Waals surface area contributed by atoms with Crippen molar-refractivity contribution in [3.8, 4) is 5.75 Å². The molecule has 0 spiro atoms. The highest BCUT2D eigenvalue weighted by atomic mass is 16.5. The molecule has 0 atom stereocenters. The number of carboxylic acid groups (broad SMARTS) is 1. The van der Waals surface area contributed by atoms with Gasteiger partial charge in [0.25, 0.3) is 0 Å². The fraction of sp³-hybridized carbons (Fsp3) is 0.462. The topological polar surface area (TPSA) is 49.8 Å². The van der Waals surface area contributed by atoms with Crippen LogP contribution in [-0.4, -0.2) is 36.2 Å². The Bertz CT molecular complexity index is 417. The SMILES string of the molecule is COc1cccc2c1CCN(CCC(=O)O)C2. The quantitative estimate of drug-likeness (QED) is 0.859. The summed E-state index contributed by atoms with van der Waals surface area (Å²) in [6, 6.07) is 6.05. The average Bonchev–Trinajstić information content (AvgIpc) is 2.35. The zero-order valence-electron chi connectivity index (χ0n) is 9.98. The van der Waals surface area contributed by atoms with Crippen molar-refractivity contribution < 1.29 is 14.6 Å². The zero-order chi connectivity index (χ0) is 12.3. The van der Waals surface area contributed by atoms with Crippen LogP contribution in [0.2, 0.25) is 0 Å². The number of aliphatic carboxylic acids is 1. The summed E-state index contributed by atoms with van der Waals surface area (Å²) in [6.45, 7) is 2.34. The number of nitrogens with zero attached hydrogens (tertiary/aromatic N) is 1. The van der Waals surface area contributed by atoms with E-state index in [9.17, 15) is 4.79 Å². The molecule has 1 N–H and O–H groups in total. The molecule has 17 heavy (non-hydrogen) atoms.